The highest BCUT2D eigenvalue weighted by Gasteiger charge is 2.48. The Bertz CT molecular complexity index is 500. The van der Waals surface area contributed by atoms with Crippen LogP contribution < -0.4 is 10.1 Å². The molecule has 1 fully saturated rings. The van der Waals surface area contributed by atoms with Crippen LogP contribution in [0.1, 0.15) is 24.9 Å². The molecule has 0 unspecified atom stereocenters. The van der Waals surface area contributed by atoms with E-state index in [1.807, 2.05) is 31.2 Å². The van der Waals surface area contributed by atoms with Crippen molar-refractivity contribution in [2.24, 2.45) is 11.8 Å². The highest BCUT2D eigenvalue weighted by molar-refractivity contribution is 5.89. The molecule has 1 amide bonds. The van der Waals surface area contributed by atoms with Crippen molar-refractivity contribution in [3.63, 3.8) is 0 Å². The number of hydrogen-bond donors (Lipinski definition) is 2. The standard InChI is InChI=1S/C14H17NO4/c1-8(9-4-3-5-10(6-9)19-2)15-13(16)11-7-12(11)14(17)18/h3-6,8,11-12H,7H2,1-2H3,(H,15,16)(H,17,18)/t8-,11+,12-/m0/s1. The Morgan fingerprint density at radius 1 is 1.42 bits per heavy atom. The first-order chi connectivity index (χ1) is 9.02. The normalized spacial score (nSPS) is 22.4. The van der Waals surface area contributed by atoms with Crippen LogP contribution in [0.5, 0.6) is 5.75 Å². The van der Waals surface area contributed by atoms with E-state index in [0.29, 0.717) is 6.42 Å². The van der Waals surface area contributed by atoms with E-state index in [1.54, 1.807) is 7.11 Å². The minimum Gasteiger partial charge on any atom is -0.497 e. The number of nitrogens with one attached hydrogen (secondary N) is 1. The number of amides is 1. The number of benzene rings is 1. The van der Waals surface area contributed by atoms with Crippen LogP contribution in [0.2, 0.25) is 0 Å². The molecule has 102 valence electrons. The van der Waals surface area contributed by atoms with Crippen molar-refractivity contribution in [1.82, 2.24) is 5.32 Å². The minimum absolute atomic E-state index is 0.169. The molecule has 3 atom stereocenters. The van der Waals surface area contributed by atoms with E-state index in [0.717, 1.165) is 11.3 Å². The monoisotopic (exact) mass is 263 g/mol. The largest absolute Gasteiger partial charge is 0.497 e. The zero-order valence-electron chi connectivity index (χ0n) is 10.9. The van der Waals surface area contributed by atoms with Gasteiger partial charge >= 0.3 is 5.97 Å². The van der Waals surface area contributed by atoms with Gasteiger partial charge in [0, 0.05) is 0 Å². The Balaban J connectivity index is 1.95. The molecule has 0 bridgehead atoms. The molecule has 1 saturated carbocycles. The molecule has 0 spiro atoms. The second-order valence-corrected chi connectivity index (χ2v) is 4.79. The van der Waals surface area contributed by atoms with Gasteiger partial charge < -0.3 is 15.2 Å². The predicted molar refractivity (Wildman–Crippen MR) is 68.8 cm³/mol. The Morgan fingerprint density at radius 3 is 2.74 bits per heavy atom. The summed E-state index contributed by atoms with van der Waals surface area (Å²) in [6.45, 7) is 1.87. The van der Waals surface area contributed by atoms with Crippen molar-refractivity contribution < 1.29 is 19.4 Å². The summed E-state index contributed by atoms with van der Waals surface area (Å²) >= 11 is 0. The lowest BCUT2D eigenvalue weighted by molar-refractivity contribution is -0.140. The van der Waals surface area contributed by atoms with E-state index in [4.69, 9.17) is 9.84 Å². The second kappa shape index (κ2) is 5.30. The van der Waals surface area contributed by atoms with Gasteiger partial charge in [-0.2, -0.15) is 0 Å². The Morgan fingerprint density at radius 2 is 2.16 bits per heavy atom. The van der Waals surface area contributed by atoms with E-state index in [1.165, 1.54) is 0 Å². The van der Waals surface area contributed by atoms with Crippen LogP contribution in [0.25, 0.3) is 0 Å². The second-order valence-electron chi connectivity index (χ2n) is 4.79. The van der Waals surface area contributed by atoms with Gasteiger partial charge in [-0.05, 0) is 31.0 Å². The summed E-state index contributed by atoms with van der Waals surface area (Å²) < 4.78 is 5.13. The molecule has 0 radical (unpaired) electrons. The maximum atomic E-state index is 11.9. The molecule has 2 rings (SSSR count). The number of carboxylic acid groups (broad SMARTS) is 1. The molecule has 2 N–H and O–H groups in total. The average molecular weight is 263 g/mol. The summed E-state index contributed by atoms with van der Waals surface area (Å²) in [5.74, 6) is -1.26. The fourth-order valence-corrected chi connectivity index (χ4v) is 2.07. The zero-order chi connectivity index (χ0) is 14.0. The summed E-state index contributed by atoms with van der Waals surface area (Å²) in [6, 6.07) is 7.27. The lowest BCUT2D eigenvalue weighted by Gasteiger charge is -2.15. The van der Waals surface area contributed by atoms with Gasteiger partial charge in [0.2, 0.25) is 5.91 Å². The van der Waals surface area contributed by atoms with Crippen LogP contribution >= 0.6 is 0 Å². The molecule has 0 aromatic heterocycles. The molecule has 1 aromatic rings. The van der Waals surface area contributed by atoms with E-state index in [9.17, 15) is 9.59 Å². The molecule has 19 heavy (non-hydrogen) atoms. The quantitative estimate of drug-likeness (QED) is 0.846. The van der Waals surface area contributed by atoms with Crippen LogP contribution in [0.3, 0.4) is 0 Å². The molecule has 0 heterocycles. The van der Waals surface area contributed by atoms with Crippen LogP contribution in [0.15, 0.2) is 24.3 Å². The van der Waals surface area contributed by atoms with Gasteiger partial charge in [0.1, 0.15) is 5.75 Å². The Kier molecular flexibility index (Phi) is 3.74. The van der Waals surface area contributed by atoms with Gasteiger partial charge in [0.05, 0.1) is 25.0 Å². The van der Waals surface area contributed by atoms with Crippen LogP contribution in [-0.4, -0.2) is 24.1 Å². The topological polar surface area (TPSA) is 75.6 Å². The molecule has 5 nitrogen and oxygen atoms in total. The summed E-state index contributed by atoms with van der Waals surface area (Å²) in [4.78, 5) is 22.6. The van der Waals surface area contributed by atoms with Gasteiger partial charge in [-0.15, -0.1) is 0 Å². The van der Waals surface area contributed by atoms with Crippen molar-refractivity contribution >= 4 is 11.9 Å². The molecule has 0 aliphatic heterocycles. The van der Waals surface area contributed by atoms with Gasteiger partial charge in [0.15, 0.2) is 0 Å². The van der Waals surface area contributed by atoms with Crippen LogP contribution in [-0.2, 0) is 9.59 Å². The van der Waals surface area contributed by atoms with E-state index in [2.05, 4.69) is 5.32 Å². The van der Waals surface area contributed by atoms with Crippen molar-refractivity contribution in [2.75, 3.05) is 7.11 Å². The maximum Gasteiger partial charge on any atom is 0.307 e. The van der Waals surface area contributed by atoms with E-state index < -0.39 is 11.9 Å². The summed E-state index contributed by atoms with van der Waals surface area (Å²) in [6.07, 6.45) is 0.437. The fourth-order valence-electron chi connectivity index (χ4n) is 2.07. The third kappa shape index (κ3) is 3.05. The molecular weight excluding hydrogens is 246 g/mol. The summed E-state index contributed by atoms with van der Waals surface area (Å²) in [7, 11) is 1.59. The van der Waals surface area contributed by atoms with Crippen LogP contribution in [0.4, 0.5) is 0 Å². The minimum atomic E-state index is -0.894. The highest BCUT2D eigenvalue weighted by Crippen LogP contribution is 2.39. The van der Waals surface area contributed by atoms with Crippen molar-refractivity contribution in [1.29, 1.82) is 0 Å². The highest BCUT2D eigenvalue weighted by atomic mass is 16.5. The van der Waals surface area contributed by atoms with Crippen molar-refractivity contribution in [2.45, 2.75) is 19.4 Å². The van der Waals surface area contributed by atoms with E-state index >= 15 is 0 Å². The van der Waals surface area contributed by atoms with Crippen molar-refractivity contribution in [3.05, 3.63) is 29.8 Å². The zero-order valence-corrected chi connectivity index (χ0v) is 10.9. The molecular formula is C14H17NO4. The average Bonchev–Trinajstić information content (AvgIpc) is 3.19. The summed E-state index contributed by atoms with van der Waals surface area (Å²) in [5, 5.41) is 11.6. The number of carbonyl (C=O) groups is 2. The predicted octanol–water partition coefficient (Wildman–Crippen LogP) is 1.59. The first-order valence-electron chi connectivity index (χ1n) is 6.20. The maximum absolute atomic E-state index is 11.9. The van der Waals surface area contributed by atoms with E-state index in [-0.39, 0.29) is 17.9 Å². The van der Waals surface area contributed by atoms with Gasteiger partial charge in [-0.25, -0.2) is 0 Å². The van der Waals surface area contributed by atoms with Gasteiger partial charge in [0.25, 0.3) is 0 Å². The van der Waals surface area contributed by atoms with Crippen molar-refractivity contribution in [3.8, 4) is 5.75 Å². The molecule has 0 saturated heterocycles. The third-order valence-electron chi connectivity index (χ3n) is 3.40. The first-order valence-corrected chi connectivity index (χ1v) is 6.20. The number of hydrogen-bond acceptors (Lipinski definition) is 3. The first kappa shape index (κ1) is 13.4. The molecule has 1 aromatic carbocycles. The third-order valence-corrected chi connectivity index (χ3v) is 3.40. The number of carboxylic acids is 1. The lowest BCUT2D eigenvalue weighted by Crippen LogP contribution is -2.29. The number of methoxy groups -OCH3 is 1. The fraction of sp³-hybridized carbons (Fsp3) is 0.429. The Hall–Kier alpha value is -2.04. The molecule has 1 aliphatic carbocycles. The summed E-state index contributed by atoms with van der Waals surface area (Å²) in [5.41, 5.74) is 0.931. The SMILES string of the molecule is COc1cccc([C@H](C)NC(=O)[C@@H]2C[C@@H]2C(=O)O)c1. The number of rotatable bonds is 5. The number of aliphatic carboxylic acids is 1. The molecule has 5 heteroatoms. The molecule has 1 aliphatic rings. The van der Waals surface area contributed by atoms with Gasteiger partial charge in [-0.3, -0.25) is 9.59 Å². The van der Waals surface area contributed by atoms with Crippen LogP contribution in [0, 0.1) is 11.8 Å². The van der Waals surface area contributed by atoms with Gasteiger partial charge in [-0.1, -0.05) is 12.1 Å². The lowest BCUT2D eigenvalue weighted by atomic mass is 10.1. The Labute approximate surface area is 111 Å². The smallest absolute Gasteiger partial charge is 0.307 e. The number of ether oxygens (including phenoxy) is 1. The number of carbonyl (C=O) groups excluding carboxylic acids is 1.